The normalized spacial score (nSPS) is 12.6. The van der Waals surface area contributed by atoms with Crippen molar-refractivity contribution in [1.82, 2.24) is 4.57 Å². The molecule has 0 saturated carbocycles. The second-order valence-electron chi connectivity index (χ2n) is 6.80. The second-order valence-corrected chi connectivity index (χ2v) is 6.80. The third-order valence-electron chi connectivity index (χ3n) is 5.22. The molecule has 0 fully saturated rings. The lowest BCUT2D eigenvalue weighted by Crippen LogP contribution is -2.10. The molecule has 1 aromatic heterocycles. The summed E-state index contributed by atoms with van der Waals surface area (Å²) < 4.78 is 7.83. The smallest absolute Gasteiger partial charge is 0.150 e. The Hall–Kier alpha value is -2.29. The minimum absolute atomic E-state index is 0.673. The lowest BCUT2D eigenvalue weighted by molar-refractivity contribution is 0.112. The van der Waals surface area contributed by atoms with Gasteiger partial charge in [-0.1, -0.05) is 33.1 Å². The number of rotatable bonds is 8. The van der Waals surface area contributed by atoms with Crippen LogP contribution in [0.15, 0.2) is 36.4 Å². The van der Waals surface area contributed by atoms with Crippen LogP contribution in [-0.4, -0.2) is 18.0 Å². The van der Waals surface area contributed by atoms with Gasteiger partial charge in [0.2, 0.25) is 0 Å². The maximum absolute atomic E-state index is 11.2. The molecule has 3 nitrogen and oxygen atoms in total. The molecule has 132 valence electrons. The van der Waals surface area contributed by atoms with E-state index < -0.39 is 0 Å². The van der Waals surface area contributed by atoms with Gasteiger partial charge in [-0.3, -0.25) is 4.79 Å². The lowest BCUT2D eigenvalue weighted by Gasteiger charge is -2.17. The highest BCUT2D eigenvalue weighted by Crippen LogP contribution is 2.33. The third-order valence-corrected chi connectivity index (χ3v) is 5.22. The Kier molecular flexibility index (Phi) is 5.42. The van der Waals surface area contributed by atoms with E-state index in [1.54, 1.807) is 7.11 Å². The molecule has 0 spiro atoms. The molecule has 1 unspecified atom stereocenters. The number of methoxy groups -OCH3 is 1. The molecule has 0 aliphatic rings. The van der Waals surface area contributed by atoms with E-state index >= 15 is 0 Å². The van der Waals surface area contributed by atoms with E-state index in [4.69, 9.17) is 4.74 Å². The summed E-state index contributed by atoms with van der Waals surface area (Å²) in [6.07, 6.45) is 5.88. The molecule has 3 rings (SSSR count). The summed E-state index contributed by atoms with van der Waals surface area (Å²) in [6, 6.07) is 12.2. The molecule has 1 heterocycles. The predicted molar refractivity (Wildman–Crippen MR) is 105 cm³/mol. The summed E-state index contributed by atoms with van der Waals surface area (Å²) in [7, 11) is 1.69. The van der Waals surface area contributed by atoms with Gasteiger partial charge in [0.05, 0.1) is 7.11 Å². The number of ether oxygens (including phenoxy) is 1. The van der Waals surface area contributed by atoms with Crippen LogP contribution in [0.1, 0.15) is 49.9 Å². The summed E-state index contributed by atoms with van der Waals surface area (Å²) in [5.74, 6) is 1.52. The van der Waals surface area contributed by atoms with Gasteiger partial charge >= 0.3 is 0 Å². The average Bonchev–Trinajstić information content (AvgIpc) is 2.97. The van der Waals surface area contributed by atoms with Gasteiger partial charge in [-0.15, -0.1) is 0 Å². The van der Waals surface area contributed by atoms with Gasteiger partial charge in [-0.05, 0) is 48.7 Å². The Morgan fingerprint density at radius 2 is 1.80 bits per heavy atom. The first kappa shape index (κ1) is 17.5. The van der Waals surface area contributed by atoms with Crippen molar-refractivity contribution < 1.29 is 9.53 Å². The van der Waals surface area contributed by atoms with Crippen LogP contribution in [0.25, 0.3) is 21.8 Å². The van der Waals surface area contributed by atoms with Crippen LogP contribution < -0.4 is 4.74 Å². The Labute approximate surface area is 149 Å². The van der Waals surface area contributed by atoms with E-state index in [0.717, 1.165) is 29.4 Å². The van der Waals surface area contributed by atoms with Crippen LogP contribution in [-0.2, 0) is 6.54 Å². The molecule has 0 aliphatic heterocycles. The number of hydrogen-bond donors (Lipinski definition) is 0. The van der Waals surface area contributed by atoms with E-state index in [-0.39, 0.29) is 0 Å². The van der Waals surface area contributed by atoms with Gasteiger partial charge in [0.25, 0.3) is 0 Å². The highest BCUT2D eigenvalue weighted by atomic mass is 16.5. The van der Waals surface area contributed by atoms with Crippen LogP contribution >= 0.6 is 0 Å². The highest BCUT2D eigenvalue weighted by Gasteiger charge is 2.15. The summed E-state index contributed by atoms with van der Waals surface area (Å²) in [5, 5.41) is 2.28. The third kappa shape index (κ3) is 3.41. The zero-order chi connectivity index (χ0) is 17.8. The molecule has 1 atom stereocenters. The van der Waals surface area contributed by atoms with Crippen LogP contribution in [0.4, 0.5) is 0 Å². The number of carbonyl (C=O) groups excluding carboxylic acids is 1. The van der Waals surface area contributed by atoms with Gasteiger partial charge in [-0.25, -0.2) is 0 Å². The van der Waals surface area contributed by atoms with E-state index in [0.29, 0.717) is 11.5 Å². The van der Waals surface area contributed by atoms with Gasteiger partial charge < -0.3 is 9.30 Å². The molecule has 0 aliphatic carbocycles. The van der Waals surface area contributed by atoms with Crippen molar-refractivity contribution >= 4 is 28.1 Å². The standard InChI is InChI=1S/C22H27NO2/c1-4-6-7-16(5-2)14-23-21-10-8-17(15-24)12-19(21)20-13-18(25-3)9-11-22(20)23/h8-13,15-16H,4-7,14H2,1-3H3. The minimum atomic E-state index is 0.673. The van der Waals surface area contributed by atoms with Crippen molar-refractivity contribution in [3.05, 3.63) is 42.0 Å². The van der Waals surface area contributed by atoms with Gasteiger partial charge in [0, 0.05) is 33.9 Å². The topological polar surface area (TPSA) is 31.2 Å². The zero-order valence-corrected chi connectivity index (χ0v) is 15.4. The molecular formula is C22H27NO2. The Morgan fingerprint density at radius 1 is 1.08 bits per heavy atom. The number of carbonyl (C=O) groups is 1. The molecular weight excluding hydrogens is 310 g/mol. The van der Waals surface area contributed by atoms with Gasteiger partial charge in [0.15, 0.2) is 0 Å². The van der Waals surface area contributed by atoms with Crippen LogP contribution in [0.5, 0.6) is 5.75 Å². The fourth-order valence-corrected chi connectivity index (χ4v) is 3.67. The second kappa shape index (κ2) is 7.73. The Morgan fingerprint density at radius 3 is 2.44 bits per heavy atom. The Bertz CT molecular complexity index is 878. The number of fused-ring (bicyclic) bond motifs is 3. The van der Waals surface area contributed by atoms with Crippen LogP contribution in [0.3, 0.4) is 0 Å². The number of aldehydes is 1. The fraction of sp³-hybridized carbons (Fsp3) is 0.409. The molecule has 25 heavy (non-hydrogen) atoms. The molecule has 2 aromatic carbocycles. The summed E-state index contributed by atoms with van der Waals surface area (Å²) >= 11 is 0. The maximum atomic E-state index is 11.2. The van der Waals surface area contributed by atoms with Crippen molar-refractivity contribution in [2.75, 3.05) is 7.11 Å². The monoisotopic (exact) mass is 337 g/mol. The lowest BCUT2D eigenvalue weighted by atomic mass is 9.99. The van der Waals surface area contributed by atoms with Crippen molar-refractivity contribution in [2.45, 2.75) is 46.1 Å². The number of nitrogens with zero attached hydrogens (tertiary/aromatic N) is 1. The first-order chi connectivity index (χ1) is 12.2. The van der Waals surface area contributed by atoms with Crippen molar-refractivity contribution in [1.29, 1.82) is 0 Å². The van der Waals surface area contributed by atoms with E-state index in [2.05, 4.69) is 36.6 Å². The number of unbranched alkanes of at least 4 members (excludes halogenated alkanes) is 1. The van der Waals surface area contributed by atoms with Gasteiger partial charge in [0.1, 0.15) is 12.0 Å². The SMILES string of the molecule is CCCCC(CC)Cn1c2ccc(C=O)cc2c2cc(OC)ccc21. The molecule has 3 heteroatoms. The number of hydrogen-bond acceptors (Lipinski definition) is 2. The van der Waals surface area contributed by atoms with Crippen molar-refractivity contribution in [3.63, 3.8) is 0 Å². The molecule has 0 radical (unpaired) electrons. The quantitative estimate of drug-likeness (QED) is 0.484. The minimum Gasteiger partial charge on any atom is -0.497 e. The van der Waals surface area contributed by atoms with E-state index in [1.165, 1.54) is 36.7 Å². The average molecular weight is 337 g/mol. The van der Waals surface area contributed by atoms with Crippen molar-refractivity contribution in [2.24, 2.45) is 5.92 Å². The summed E-state index contributed by atoms with van der Waals surface area (Å²) in [5.41, 5.74) is 3.13. The zero-order valence-electron chi connectivity index (χ0n) is 15.4. The van der Waals surface area contributed by atoms with E-state index in [1.807, 2.05) is 18.2 Å². The summed E-state index contributed by atoms with van der Waals surface area (Å²) in [4.78, 5) is 11.2. The molecule has 0 bridgehead atoms. The molecule has 0 N–H and O–H groups in total. The first-order valence-corrected chi connectivity index (χ1v) is 9.27. The maximum Gasteiger partial charge on any atom is 0.150 e. The summed E-state index contributed by atoms with van der Waals surface area (Å²) in [6.45, 7) is 5.55. The fourth-order valence-electron chi connectivity index (χ4n) is 3.67. The number of aromatic nitrogens is 1. The molecule has 0 saturated heterocycles. The molecule has 0 amide bonds. The van der Waals surface area contributed by atoms with Crippen molar-refractivity contribution in [3.8, 4) is 5.75 Å². The van der Waals surface area contributed by atoms with E-state index in [9.17, 15) is 4.79 Å². The van der Waals surface area contributed by atoms with Gasteiger partial charge in [-0.2, -0.15) is 0 Å². The van der Waals surface area contributed by atoms with Crippen LogP contribution in [0.2, 0.25) is 0 Å². The Balaban J connectivity index is 2.16. The highest BCUT2D eigenvalue weighted by molar-refractivity contribution is 6.09. The number of benzene rings is 2. The first-order valence-electron chi connectivity index (χ1n) is 9.27. The van der Waals surface area contributed by atoms with Crippen LogP contribution in [0, 0.1) is 5.92 Å². The molecule has 3 aromatic rings. The predicted octanol–water partition coefficient (Wildman–Crippen LogP) is 5.83. The largest absolute Gasteiger partial charge is 0.497 e.